The fraction of sp³-hybridized carbons (Fsp3) is 0.394. The van der Waals surface area contributed by atoms with Gasteiger partial charge in [0.2, 0.25) is 11.8 Å². The molecule has 1 N–H and O–H groups in total. The minimum Gasteiger partial charge on any atom is -0.497 e. The third-order valence-corrected chi connectivity index (χ3v) is 9.74. The van der Waals surface area contributed by atoms with Crippen molar-refractivity contribution in [1.29, 1.82) is 0 Å². The summed E-state index contributed by atoms with van der Waals surface area (Å²) < 4.78 is 58.8. The van der Waals surface area contributed by atoms with Gasteiger partial charge in [0.15, 0.2) is 11.5 Å². The van der Waals surface area contributed by atoms with Crippen LogP contribution in [0.4, 0.5) is 10.1 Å². The minimum absolute atomic E-state index is 0.0211. The van der Waals surface area contributed by atoms with Gasteiger partial charge in [-0.2, -0.15) is 0 Å². The first kappa shape index (κ1) is 33.6. The summed E-state index contributed by atoms with van der Waals surface area (Å²) in [5.41, 5.74) is 0.792. The van der Waals surface area contributed by atoms with E-state index in [0.717, 1.165) is 54.1 Å². The van der Waals surface area contributed by atoms with Gasteiger partial charge in [-0.3, -0.25) is 13.9 Å². The van der Waals surface area contributed by atoms with Crippen LogP contribution in [0.5, 0.6) is 17.2 Å². The highest BCUT2D eigenvalue weighted by molar-refractivity contribution is 7.92. The summed E-state index contributed by atoms with van der Waals surface area (Å²) in [6.07, 6.45) is 4.90. The molecule has 1 aliphatic carbocycles. The van der Waals surface area contributed by atoms with Gasteiger partial charge in [0.05, 0.1) is 31.9 Å². The number of carbonyl (C=O) groups is 2. The van der Waals surface area contributed by atoms with Gasteiger partial charge in [0, 0.05) is 18.7 Å². The van der Waals surface area contributed by atoms with Crippen LogP contribution in [0.15, 0.2) is 71.6 Å². The molecular formula is C33H40FN3O7S. The largest absolute Gasteiger partial charge is 0.497 e. The van der Waals surface area contributed by atoms with Gasteiger partial charge in [0.1, 0.15) is 24.2 Å². The standard InChI is InChI=1S/C33H40FN3O7S/c1-23(33(39)35-26-8-6-5-7-9-26)36(21-24-10-16-28(42-2)17-11-24)32(38)22-37(27-14-12-25(34)13-15-27)45(40,41)29-18-19-30(43-3)31(20-29)44-4/h10-20,23,26H,5-9,21-22H2,1-4H3,(H,35,39)/t23-/m1/s1. The van der Waals surface area contributed by atoms with Crippen molar-refractivity contribution in [2.45, 2.75) is 62.6 Å². The van der Waals surface area contributed by atoms with Crippen molar-refractivity contribution in [2.75, 3.05) is 32.2 Å². The number of halogens is 1. The van der Waals surface area contributed by atoms with Gasteiger partial charge in [-0.1, -0.05) is 31.4 Å². The molecule has 0 aliphatic heterocycles. The Balaban J connectivity index is 1.70. The Hall–Kier alpha value is -4.32. The number of methoxy groups -OCH3 is 3. The van der Waals surface area contributed by atoms with Crippen LogP contribution >= 0.6 is 0 Å². The summed E-state index contributed by atoms with van der Waals surface area (Å²) in [4.78, 5) is 28.8. The van der Waals surface area contributed by atoms with Crippen LogP contribution in [-0.2, 0) is 26.2 Å². The number of nitrogens with zero attached hydrogens (tertiary/aromatic N) is 2. The number of hydrogen-bond donors (Lipinski definition) is 1. The molecule has 0 heterocycles. The molecule has 1 atom stereocenters. The van der Waals surface area contributed by atoms with Crippen LogP contribution in [0.25, 0.3) is 0 Å². The summed E-state index contributed by atoms with van der Waals surface area (Å²) in [5.74, 6) is -0.376. The van der Waals surface area contributed by atoms with Crippen molar-refractivity contribution in [3.8, 4) is 17.2 Å². The van der Waals surface area contributed by atoms with Crippen molar-refractivity contribution < 1.29 is 36.6 Å². The average Bonchev–Trinajstić information content (AvgIpc) is 3.06. The van der Waals surface area contributed by atoms with Gasteiger partial charge in [-0.05, 0) is 73.9 Å². The Morgan fingerprint density at radius 3 is 2.13 bits per heavy atom. The molecule has 4 rings (SSSR count). The quantitative estimate of drug-likeness (QED) is 0.282. The molecule has 12 heteroatoms. The number of amides is 2. The summed E-state index contributed by atoms with van der Waals surface area (Å²) in [6.45, 7) is 1.01. The molecular weight excluding hydrogens is 601 g/mol. The molecule has 2 amide bonds. The normalized spacial score (nSPS) is 14.2. The van der Waals surface area contributed by atoms with E-state index in [0.29, 0.717) is 11.5 Å². The number of anilines is 1. The fourth-order valence-electron chi connectivity index (χ4n) is 5.32. The van der Waals surface area contributed by atoms with Crippen LogP contribution in [-0.4, -0.2) is 65.1 Å². The topological polar surface area (TPSA) is 114 Å². The van der Waals surface area contributed by atoms with Crippen LogP contribution in [0.2, 0.25) is 0 Å². The van der Waals surface area contributed by atoms with E-state index in [-0.39, 0.29) is 34.8 Å². The molecule has 1 aliphatic rings. The molecule has 0 saturated heterocycles. The van der Waals surface area contributed by atoms with Crippen molar-refractivity contribution in [2.24, 2.45) is 0 Å². The molecule has 3 aromatic carbocycles. The van der Waals surface area contributed by atoms with E-state index in [1.807, 2.05) is 0 Å². The number of hydrogen-bond acceptors (Lipinski definition) is 7. The third-order valence-electron chi connectivity index (χ3n) is 7.97. The van der Waals surface area contributed by atoms with E-state index < -0.39 is 34.3 Å². The maximum atomic E-state index is 14.2. The van der Waals surface area contributed by atoms with E-state index in [1.54, 1.807) is 38.3 Å². The highest BCUT2D eigenvalue weighted by atomic mass is 32.2. The average molecular weight is 642 g/mol. The Labute approximate surface area is 264 Å². The molecule has 242 valence electrons. The third kappa shape index (κ3) is 8.24. The monoisotopic (exact) mass is 641 g/mol. The maximum absolute atomic E-state index is 14.2. The SMILES string of the molecule is COc1ccc(CN(C(=O)CN(c2ccc(F)cc2)S(=O)(=O)c2ccc(OC)c(OC)c2)[C@H](C)C(=O)NC2CCCCC2)cc1. The van der Waals surface area contributed by atoms with Crippen molar-refractivity contribution in [3.05, 3.63) is 78.1 Å². The van der Waals surface area contributed by atoms with Crippen molar-refractivity contribution >= 4 is 27.5 Å². The van der Waals surface area contributed by atoms with Gasteiger partial charge in [-0.25, -0.2) is 12.8 Å². The summed E-state index contributed by atoms with van der Waals surface area (Å²) in [6, 6.07) is 15.1. The predicted octanol–water partition coefficient (Wildman–Crippen LogP) is 4.91. The highest BCUT2D eigenvalue weighted by Crippen LogP contribution is 2.32. The zero-order chi connectivity index (χ0) is 32.6. The Morgan fingerprint density at radius 1 is 0.889 bits per heavy atom. The lowest BCUT2D eigenvalue weighted by Gasteiger charge is -2.33. The molecule has 0 unspecified atom stereocenters. The zero-order valence-electron chi connectivity index (χ0n) is 26.0. The second-order valence-corrected chi connectivity index (χ2v) is 12.8. The van der Waals surface area contributed by atoms with E-state index in [2.05, 4.69) is 5.32 Å². The number of sulfonamides is 1. The van der Waals surface area contributed by atoms with E-state index in [4.69, 9.17) is 14.2 Å². The number of carbonyl (C=O) groups excluding carboxylic acids is 2. The lowest BCUT2D eigenvalue weighted by molar-refractivity contribution is -0.139. The Kier molecular flexibility index (Phi) is 11.3. The van der Waals surface area contributed by atoms with Gasteiger partial charge in [0.25, 0.3) is 10.0 Å². The second-order valence-electron chi connectivity index (χ2n) is 10.9. The number of benzene rings is 3. The first-order chi connectivity index (χ1) is 21.6. The van der Waals surface area contributed by atoms with Crippen LogP contribution in [0.3, 0.4) is 0 Å². The molecule has 0 bridgehead atoms. The van der Waals surface area contributed by atoms with E-state index >= 15 is 0 Å². The van der Waals surface area contributed by atoms with Crippen molar-refractivity contribution in [3.63, 3.8) is 0 Å². The molecule has 45 heavy (non-hydrogen) atoms. The maximum Gasteiger partial charge on any atom is 0.264 e. The Morgan fingerprint density at radius 2 is 1.53 bits per heavy atom. The first-order valence-electron chi connectivity index (χ1n) is 14.8. The molecule has 10 nitrogen and oxygen atoms in total. The molecule has 1 fully saturated rings. The van der Waals surface area contributed by atoms with Gasteiger partial charge >= 0.3 is 0 Å². The summed E-state index contributed by atoms with van der Waals surface area (Å²) in [7, 11) is -0.0355. The number of rotatable bonds is 13. The van der Waals surface area contributed by atoms with Crippen LogP contribution in [0, 0.1) is 5.82 Å². The highest BCUT2D eigenvalue weighted by Gasteiger charge is 2.33. The predicted molar refractivity (Wildman–Crippen MR) is 168 cm³/mol. The molecule has 0 spiro atoms. The zero-order valence-corrected chi connectivity index (χ0v) is 26.8. The number of ether oxygens (including phenoxy) is 3. The van der Waals surface area contributed by atoms with Gasteiger partial charge in [-0.15, -0.1) is 0 Å². The summed E-state index contributed by atoms with van der Waals surface area (Å²) in [5, 5.41) is 3.08. The second kappa shape index (κ2) is 15.1. The molecule has 0 aromatic heterocycles. The van der Waals surface area contributed by atoms with E-state index in [9.17, 15) is 22.4 Å². The first-order valence-corrected chi connectivity index (χ1v) is 16.2. The minimum atomic E-state index is -4.39. The summed E-state index contributed by atoms with van der Waals surface area (Å²) >= 11 is 0. The smallest absolute Gasteiger partial charge is 0.264 e. The Bertz CT molecular complexity index is 1560. The van der Waals surface area contributed by atoms with E-state index in [1.165, 1.54) is 49.5 Å². The number of nitrogens with one attached hydrogen (secondary N) is 1. The van der Waals surface area contributed by atoms with Crippen molar-refractivity contribution in [1.82, 2.24) is 10.2 Å². The van der Waals surface area contributed by atoms with Crippen LogP contribution in [0.1, 0.15) is 44.6 Å². The molecule has 0 radical (unpaired) electrons. The fourth-order valence-corrected chi connectivity index (χ4v) is 6.75. The lowest BCUT2D eigenvalue weighted by Crippen LogP contribution is -2.53. The van der Waals surface area contributed by atoms with Crippen LogP contribution < -0.4 is 23.8 Å². The molecule has 1 saturated carbocycles. The van der Waals surface area contributed by atoms with Gasteiger partial charge < -0.3 is 24.4 Å². The molecule has 3 aromatic rings. The lowest BCUT2D eigenvalue weighted by atomic mass is 9.95.